The van der Waals surface area contributed by atoms with Crippen molar-refractivity contribution in [3.8, 4) is 0 Å². The molecule has 1 amide bonds. The third-order valence-corrected chi connectivity index (χ3v) is 3.51. The predicted octanol–water partition coefficient (Wildman–Crippen LogP) is 0.898. The fourth-order valence-electron chi connectivity index (χ4n) is 1.76. The first kappa shape index (κ1) is 12.4. The van der Waals surface area contributed by atoms with Crippen LogP contribution in [0.3, 0.4) is 0 Å². The van der Waals surface area contributed by atoms with E-state index < -0.39 is 6.10 Å². The van der Waals surface area contributed by atoms with Crippen molar-refractivity contribution < 1.29 is 14.6 Å². The van der Waals surface area contributed by atoms with Gasteiger partial charge in [-0.15, -0.1) is 11.8 Å². The SMILES string of the molecule is CSc1ccccc1C(=O)N[C@@H]1COC[C@H]1O. The minimum atomic E-state index is -0.611. The van der Waals surface area contributed by atoms with Gasteiger partial charge in [-0.1, -0.05) is 12.1 Å². The van der Waals surface area contributed by atoms with Crippen molar-refractivity contribution in [3.05, 3.63) is 29.8 Å². The van der Waals surface area contributed by atoms with Crippen LogP contribution in [0.1, 0.15) is 10.4 Å². The first-order chi connectivity index (χ1) is 8.22. The molecule has 0 saturated carbocycles. The third-order valence-electron chi connectivity index (χ3n) is 2.72. The number of amides is 1. The largest absolute Gasteiger partial charge is 0.388 e. The lowest BCUT2D eigenvalue weighted by atomic mass is 10.1. The number of nitrogens with one attached hydrogen (secondary N) is 1. The van der Waals surface area contributed by atoms with Gasteiger partial charge in [-0.2, -0.15) is 0 Å². The van der Waals surface area contributed by atoms with Crippen molar-refractivity contribution in [3.63, 3.8) is 0 Å². The summed E-state index contributed by atoms with van der Waals surface area (Å²) in [6.07, 6.45) is 1.32. The van der Waals surface area contributed by atoms with E-state index in [0.717, 1.165) is 4.90 Å². The summed E-state index contributed by atoms with van der Waals surface area (Å²) < 4.78 is 5.09. The zero-order chi connectivity index (χ0) is 12.3. The molecule has 1 aromatic rings. The molecule has 2 rings (SSSR count). The van der Waals surface area contributed by atoms with Gasteiger partial charge in [-0.05, 0) is 18.4 Å². The molecule has 5 heteroatoms. The van der Waals surface area contributed by atoms with Crippen LogP contribution in [0.25, 0.3) is 0 Å². The van der Waals surface area contributed by atoms with E-state index in [0.29, 0.717) is 12.2 Å². The quantitative estimate of drug-likeness (QED) is 0.786. The van der Waals surface area contributed by atoms with Crippen LogP contribution in [0.2, 0.25) is 0 Å². The number of ether oxygens (including phenoxy) is 1. The number of hydrogen-bond donors (Lipinski definition) is 2. The highest BCUT2D eigenvalue weighted by Gasteiger charge is 2.28. The second kappa shape index (κ2) is 5.53. The number of hydrogen-bond acceptors (Lipinski definition) is 4. The molecule has 1 fully saturated rings. The molecular formula is C12H15NO3S. The summed E-state index contributed by atoms with van der Waals surface area (Å²) in [5, 5.41) is 12.4. The van der Waals surface area contributed by atoms with E-state index in [1.807, 2.05) is 24.5 Å². The van der Waals surface area contributed by atoms with Gasteiger partial charge in [0.1, 0.15) is 0 Å². The van der Waals surface area contributed by atoms with Gasteiger partial charge < -0.3 is 15.2 Å². The highest BCUT2D eigenvalue weighted by molar-refractivity contribution is 7.98. The summed E-state index contributed by atoms with van der Waals surface area (Å²) in [7, 11) is 0. The van der Waals surface area contributed by atoms with E-state index in [9.17, 15) is 9.90 Å². The molecule has 2 atom stereocenters. The highest BCUT2D eigenvalue weighted by atomic mass is 32.2. The molecule has 4 nitrogen and oxygen atoms in total. The molecule has 0 aromatic heterocycles. The Kier molecular flexibility index (Phi) is 4.04. The molecule has 1 heterocycles. The van der Waals surface area contributed by atoms with Crippen molar-refractivity contribution in [1.29, 1.82) is 0 Å². The van der Waals surface area contributed by atoms with Crippen LogP contribution >= 0.6 is 11.8 Å². The Bertz CT molecular complexity index is 410. The minimum Gasteiger partial charge on any atom is -0.388 e. The van der Waals surface area contributed by atoms with Gasteiger partial charge in [0.2, 0.25) is 0 Å². The minimum absolute atomic E-state index is 0.162. The zero-order valence-corrected chi connectivity index (χ0v) is 10.4. The van der Waals surface area contributed by atoms with E-state index in [1.54, 1.807) is 6.07 Å². The second-order valence-electron chi connectivity index (χ2n) is 3.89. The summed E-state index contributed by atoms with van der Waals surface area (Å²) in [4.78, 5) is 13.0. The molecule has 17 heavy (non-hydrogen) atoms. The monoisotopic (exact) mass is 253 g/mol. The third kappa shape index (κ3) is 2.80. The van der Waals surface area contributed by atoms with Gasteiger partial charge in [0, 0.05) is 4.90 Å². The molecule has 1 saturated heterocycles. The first-order valence-corrected chi connectivity index (χ1v) is 6.64. The average Bonchev–Trinajstić information content (AvgIpc) is 2.75. The summed E-state index contributed by atoms with van der Waals surface area (Å²) in [6.45, 7) is 0.656. The maximum atomic E-state index is 12.0. The molecule has 92 valence electrons. The Morgan fingerprint density at radius 2 is 2.24 bits per heavy atom. The molecule has 1 aliphatic heterocycles. The lowest BCUT2D eigenvalue weighted by Crippen LogP contribution is -2.42. The van der Waals surface area contributed by atoms with Crippen LogP contribution in [-0.2, 0) is 4.74 Å². The number of benzene rings is 1. The average molecular weight is 253 g/mol. The molecule has 2 N–H and O–H groups in total. The van der Waals surface area contributed by atoms with Gasteiger partial charge in [0.25, 0.3) is 5.91 Å². The Morgan fingerprint density at radius 1 is 1.47 bits per heavy atom. The van der Waals surface area contributed by atoms with Gasteiger partial charge in [0.15, 0.2) is 0 Å². The number of carbonyl (C=O) groups excluding carboxylic acids is 1. The van der Waals surface area contributed by atoms with Gasteiger partial charge in [-0.3, -0.25) is 4.79 Å². The lowest BCUT2D eigenvalue weighted by molar-refractivity contribution is 0.0883. The van der Waals surface area contributed by atoms with Gasteiger partial charge >= 0.3 is 0 Å². The van der Waals surface area contributed by atoms with Crippen molar-refractivity contribution in [2.24, 2.45) is 0 Å². The fourth-order valence-corrected chi connectivity index (χ4v) is 2.35. The molecule has 0 radical (unpaired) electrons. The maximum Gasteiger partial charge on any atom is 0.252 e. The zero-order valence-electron chi connectivity index (χ0n) is 9.55. The number of thioether (sulfide) groups is 1. The first-order valence-electron chi connectivity index (χ1n) is 5.42. The van der Waals surface area contributed by atoms with E-state index in [1.165, 1.54) is 11.8 Å². The standard InChI is InChI=1S/C12H15NO3S/c1-17-11-5-3-2-4-8(11)12(15)13-9-6-16-7-10(9)14/h2-5,9-10,14H,6-7H2,1H3,(H,13,15)/t9-,10-/m1/s1. The fraction of sp³-hybridized carbons (Fsp3) is 0.417. The normalized spacial score (nSPS) is 23.6. The van der Waals surface area contributed by atoms with Crippen LogP contribution in [0.5, 0.6) is 0 Å². The number of carbonyl (C=O) groups is 1. The van der Waals surface area contributed by atoms with Crippen molar-refractivity contribution in [2.45, 2.75) is 17.0 Å². The Balaban J connectivity index is 2.09. The summed E-state index contributed by atoms with van der Waals surface area (Å²) in [5.74, 6) is -0.162. The summed E-state index contributed by atoms with van der Waals surface area (Å²) in [6, 6.07) is 7.11. The van der Waals surface area contributed by atoms with E-state index in [-0.39, 0.29) is 18.6 Å². The number of aliphatic hydroxyl groups excluding tert-OH is 1. The molecule has 0 unspecified atom stereocenters. The van der Waals surface area contributed by atoms with Crippen molar-refractivity contribution >= 4 is 17.7 Å². The smallest absolute Gasteiger partial charge is 0.252 e. The van der Waals surface area contributed by atoms with Crippen LogP contribution in [0.15, 0.2) is 29.2 Å². The Labute approximate surface area is 104 Å². The van der Waals surface area contributed by atoms with Crippen LogP contribution in [0, 0.1) is 0 Å². The molecule has 0 spiro atoms. The van der Waals surface area contributed by atoms with E-state index >= 15 is 0 Å². The number of rotatable bonds is 3. The summed E-state index contributed by atoms with van der Waals surface area (Å²) >= 11 is 1.53. The molecule has 1 aliphatic rings. The van der Waals surface area contributed by atoms with Crippen LogP contribution in [0.4, 0.5) is 0 Å². The number of aliphatic hydroxyl groups is 1. The summed E-state index contributed by atoms with van der Waals surface area (Å²) in [5.41, 5.74) is 0.638. The molecule has 0 bridgehead atoms. The Hall–Kier alpha value is -1.04. The highest BCUT2D eigenvalue weighted by Crippen LogP contribution is 2.20. The lowest BCUT2D eigenvalue weighted by Gasteiger charge is -2.15. The molecule has 1 aromatic carbocycles. The Morgan fingerprint density at radius 3 is 2.88 bits per heavy atom. The van der Waals surface area contributed by atoms with Crippen molar-refractivity contribution in [2.75, 3.05) is 19.5 Å². The van der Waals surface area contributed by atoms with Gasteiger partial charge in [0.05, 0.1) is 30.9 Å². The van der Waals surface area contributed by atoms with Crippen LogP contribution in [-0.4, -0.2) is 42.6 Å². The topological polar surface area (TPSA) is 58.6 Å². The second-order valence-corrected chi connectivity index (χ2v) is 4.73. The van der Waals surface area contributed by atoms with Gasteiger partial charge in [-0.25, -0.2) is 0 Å². The molecule has 0 aliphatic carbocycles. The van der Waals surface area contributed by atoms with E-state index in [4.69, 9.17) is 4.74 Å². The van der Waals surface area contributed by atoms with E-state index in [2.05, 4.69) is 5.32 Å². The predicted molar refractivity (Wildman–Crippen MR) is 66.3 cm³/mol. The molecular weight excluding hydrogens is 238 g/mol. The van der Waals surface area contributed by atoms with Crippen LogP contribution < -0.4 is 5.32 Å². The maximum absolute atomic E-state index is 12.0. The van der Waals surface area contributed by atoms with Crippen molar-refractivity contribution in [1.82, 2.24) is 5.32 Å².